The molecule has 1 aliphatic heterocycles. The van der Waals surface area contributed by atoms with Gasteiger partial charge < -0.3 is 4.90 Å². The van der Waals surface area contributed by atoms with Gasteiger partial charge in [-0.15, -0.1) is 11.6 Å². The average molecular weight is 309 g/mol. The molecule has 1 heterocycles. The molecular weight excluding hydrogens is 284 g/mol. The van der Waals surface area contributed by atoms with Gasteiger partial charge in [0.15, 0.2) is 0 Å². The Bertz CT molecular complexity index is 438. The second-order valence-electron chi connectivity index (χ2n) is 5.79. The Hall–Kier alpha value is -1.06. The third-order valence-corrected chi connectivity index (χ3v) is 4.41. The number of benzene rings is 1. The molecule has 1 saturated heterocycles. The SMILES string of the molecule is CCN(C[C@H]1CCCN(Cc2ccccc2)C1)C(=O)CCl. The smallest absolute Gasteiger partial charge is 0.237 e. The summed E-state index contributed by atoms with van der Waals surface area (Å²) in [7, 11) is 0. The topological polar surface area (TPSA) is 23.6 Å². The molecule has 2 rings (SSSR count). The lowest BCUT2D eigenvalue weighted by Gasteiger charge is -2.35. The molecule has 0 saturated carbocycles. The Balaban J connectivity index is 1.87. The van der Waals surface area contributed by atoms with Crippen LogP contribution in [0.15, 0.2) is 30.3 Å². The van der Waals surface area contributed by atoms with E-state index in [1.807, 2.05) is 11.8 Å². The number of carbonyl (C=O) groups excluding carboxylic acids is 1. The van der Waals surface area contributed by atoms with E-state index >= 15 is 0 Å². The second kappa shape index (κ2) is 8.40. The molecule has 0 aliphatic carbocycles. The highest BCUT2D eigenvalue weighted by Gasteiger charge is 2.23. The summed E-state index contributed by atoms with van der Waals surface area (Å²) in [4.78, 5) is 16.2. The van der Waals surface area contributed by atoms with E-state index in [9.17, 15) is 4.79 Å². The van der Waals surface area contributed by atoms with Crippen molar-refractivity contribution in [1.82, 2.24) is 9.80 Å². The van der Waals surface area contributed by atoms with Crippen LogP contribution in [0.1, 0.15) is 25.3 Å². The van der Waals surface area contributed by atoms with Crippen LogP contribution in [0.25, 0.3) is 0 Å². The molecule has 0 radical (unpaired) electrons. The molecule has 1 aromatic carbocycles. The fourth-order valence-corrected chi connectivity index (χ4v) is 3.26. The van der Waals surface area contributed by atoms with Crippen molar-refractivity contribution < 1.29 is 4.79 Å². The molecule has 1 fully saturated rings. The summed E-state index contributed by atoms with van der Waals surface area (Å²) >= 11 is 5.68. The van der Waals surface area contributed by atoms with Crippen LogP contribution in [0.2, 0.25) is 0 Å². The van der Waals surface area contributed by atoms with Crippen LogP contribution < -0.4 is 0 Å². The van der Waals surface area contributed by atoms with Gasteiger partial charge in [0.05, 0.1) is 0 Å². The third kappa shape index (κ3) is 5.01. The van der Waals surface area contributed by atoms with E-state index in [-0.39, 0.29) is 11.8 Å². The Morgan fingerprint density at radius 3 is 2.81 bits per heavy atom. The number of hydrogen-bond acceptors (Lipinski definition) is 2. The second-order valence-corrected chi connectivity index (χ2v) is 6.06. The lowest BCUT2D eigenvalue weighted by atomic mass is 9.97. The summed E-state index contributed by atoms with van der Waals surface area (Å²) in [5.41, 5.74) is 1.36. The Morgan fingerprint density at radius 2 is 2.14 bits per heavy atom. The first kappa shape index (κ1) is 16.3. The quantitative estimate of drug-likeness (QED) is 0.754. The molecule has 3 nitrogen and oxygen atoms in total. The molecule has 1 atom stereocenters. The van der Waals surface area contributed by atoms with Gasteiger partial charge >= 0.3 is 0 Å². The minimum atomic E-state index is 0.0550. The van der Waals surface area contributed by atoms with E-state index in [0.717, 1.165) is 32.7 Å². The normalized spacial score (nSPS) is 19.4. The first-order valence-electron chi connectivity index (χ1n) is 7.83. The molecule has 1 amide bonds. The van der Waals surface area contributed by atoms with Crippen molar-refractivity contribution >= 4 is 17.5 Å². The molecular formula is C17H25ClN2O. The van der Waals surface area contributed by atoms with Gasteiger partial charge in [0.1, 0.15) is 5.88 Å². The minimum Gasteiger partial charge on any atom is -0.342 e. The van der Waals surface area contributed by atoms with Crippen LogP contribution in [0.4, 0.5) is 0 Å². The monoisotopic (exact) mass is 308 g/mol. The first-order chi connectivity index (χ1) is 10.2. The Morgan fingerprint density at radius 1 is 1.38 bits per heavy atom. The van der Waals surface area contributed by atoms with Gasteiger partial charge in [-0.1, -0.05) is 30.3 Å². The molecule has 116 valence electrons. The highest BCUT2D eigenvalue weighted by molar-refractivity contribution is 6.27. The maximum absolute atomic E-state index is 11.8. The zero-order chi connectivity index (χ0) is 15.1. The largest absolute Gasteiger partial charge is 0.342 e. The number of amides is 1. The first-order valence-corrected chi connectivity index (χ1v) is 8.36. The van der Waals surface area contributed by atoms with E-state index in [1.165, 1.54) is 18.4 Å². The van der Waals surface area contributed by atoms with Gasteiger partial charge in [-0.3, -0.25) is 9.69 Å². The summed E-state index contributed by atoms with van der Waals surface area (Å²) in [5, 5.41) is 0. The highest BCUT2D eigenvalue weighted by Crippen LogP contribution is 2.19. The maximum Gasteiger partial charge on any atom is 0.237 e. The number of alkyl halides is 1. The van der Waals surface area contributed by atoms with Crippen molar-refractivity contribution in [3.8, 4) is 0 Å². The van der Waals surface area contributed by atoms with Crippen molar-refractivity contribution in [2.75, 3.05) is 32.1 Å². The molecule has 0 bridgehead atoms. The number of hydrogen-bond donors (Lipinski definition) is 0. The van der Waals surface area contributed by atoms with Crippen LogP contribution in [0.3, 0.4) is 0 Å². The Kier molecular flexibility index (Phi) is 6.52. The van der Waals surface area contributed by atoms with Crippen LogP contribution >= 0.6 is 11.6 Å². The molecule has 0 aromatic heterocycles. The standard InChI is InChI=1S/C17H25ClN2O/c1-2-20(17(21)11-18)14-16-9-6-10-19(13-16)12-15-7-4-3-5-8-15/h3-5,7-8,16H,2,6,9-14H2,1H3/t16-/m0/s1. The summed E-state index contributed by atoms with van der Waals surface area (Å²) in [6.45, 7) is 6.85. The zero-order valence-electron chi connectivity index (χ0n) is 12.8. The van der Waals surface area contributed by atoms with Crippen molar-refractivity contribution in [1.29, 1.82) is 0 Å². The molecule has 0 unspecified atom stereocenters. The van der Waals surface area contributed by atoms with E-state index < -0.39 is 0 Å². The van der Waals surface area contributed by atoms with Crippen molar-refractivity contribution in [2.24, 2.45) is 5.92 Å². The van der Waals surface area contributed by atoms with Crippen LogP contribution in [-0.4, -0.2) is 47.8 Å². The number of rotatable bonds is 6. The van der Waals surface area contributed by atoms with Crippen LogP contribution in [-0.2, 0) is 11.3 Å². The van der Waals surface area contributed by atoms with Gasteiger partial charge in [0, 0.05) is 26.2 Å². The van der Waals surface area contributed by atoms with E-state index in [0.29, 0.717) is 5.92 Å². The maximum atomic E-state index is 11.8. The van der Waals surface area contributed by atoms with Gasteiger partial charge in [-0.2, -0.15) is 0 Å². The van der Waals surface area contributed by atoms with E-state index in [1.54, 1.807) is 0 Å². The molecule has 1 aromatic rings. The summed E-state index contributed by atoms with van der Waals surface area (Å²) in [5.74, 6) is 0.711. The third-order valence-electron chi connectivity index (χ3n) is 4.18. The number of carbonyl (C=O) groups is 1. The summed E-state index contributed by atoms with van der Waals surface area (Å²) in [6.07, 6.45) is 2.42. The molecule has 0 N–H and O–H groups in total. The van der Waals surface area contributed by atoms with Gasteiger partial charge in [0.25, 0.3) is 0 Å². The van der Waals surface area contributed by atoms with Crippen LogP contribution in [0.5, 0.6) is 0 Å². The summed E-state index contributed by atoms with van der Waals surface area (Å²) in [6, 6.07) is 10.6. The lowest BCUT2D eigenvalue weighted by Crippen LogP contribution is -2.43. The molecule has 21 heavy (non-hydrogen) atoms. The van der Waals surface area contributed by atoms with Crippen molar-refractivity contribution in [3.05, 3.63) is 35.9 Å². The van der Waals surface area contributed by atoms with Crippen molar-refractivity contribution in [2.45, 2.75) is 26.3 Å². The fraction of sp³-hybridized carbons (Fsp3) is 0.588. The number of piperidine rings is 1. The molecule has 4 heteroatoms. The number of halogens is 1. The van der Waals surface area contributed by atoms with Crippen LogP contribution in [0, 0.1) is 5.92 Å². The predicted octanol–water partition coefficient (Wildman–Crippen LogP) is 2.99. The van der Waals surface area contributed by atoms with Gasteiger partial charge in [-0.05, 0) is 37.8 Å². The number of nitrogens with zero attached hydrogens (tertiary/aromatic N) is 2. The zero-order valence-corrected chi connectivity index (χ0v) is 13.6. The van der Waals surface area contributed by atoms with Gasteiger partial charge in [0.2, 0.25) is 5.91 Å². The number of likely N-dealkylation sites (tertiary alicyclic amines) is 1. The summed E-state index contributed by atoms with van der Waals surface area (Å²) < 4.78 is 0. The average Bonchev–Trinajstić information content (AvgIpc) is 2.53. The minimum absolute atomic E-state index is 0.0550. The van der Waals surface area contributed by atoms with E-state index in [2.05, 4.69) is 35.2 Å². The van der Waals surface area contributed by atoms with Crippen molar-refractivity contribution in [3.63, 3.8) is 0 Å². The molecule has 0 spiro atoms. The fourth-order valence-electron chi connectivity index (χ4n) is 3.09. The molecule has 1 aliphatic rings. The van der Waals surface area contributed by atoms with E-state index in [4.69, 9.17) is 11.6 Å². The lowest BCUT2D eigenvalue weighted by molar-refractivity contribution is -0.129. The van der Waals surface area contributed by atoms with Gasteiger partial charge in [-0.25, -0.2) is 0 Å². The predicted molar refractivity (Wildman–Crippen MR) is 87.4 cm³/mol. The Labute approximate surface area is 132 Å². The highest BCUT2D eigenvalue weighted by atomic mass is 35.5.